The van der Waals surface area contributed by atoms with E-state index < -0.39 is 29.4 Å². The van der Waals surface area contributed by atoms with Crippen molar-refractivity contribution in [3.63, 3.8) is 0 Å². The van der Waals surface area contributed by atoms with Crippen LogP contribution >= 0.6 is 23.4 Å². The molecule has 0 bridgehead atoms. The lowest BCUT2D eigenvalue weighted by molar-refractivity contribution is -0.137. The maximum atomic E-state index is 13.0. The number of thioether (sulfide) groups is 1. The Morgan fingerprint density at radius 2 is 1.66 bits per heavy atom. The molecule has 3 aromatic rings. The van der Waals surface area contributed by atoms with Crippen molar-refractivity contribution in [2.75, 3.05) is 16.4 Å². The summed E-state index contributed by atoms with van der Waals surface area (Å²) in [6.45, 7) is 0. The maximum absolute atomic E-state index is 13.0. The molecular formula is C22H15ClF4N2O2S. The third kappa shape index (κ3) is 6.48. The van der Waals surface area contributed by atoms with Crippen LogP contribution in [0.15, 0.2) is 71.6 Å². The van der Waals surface area contributed by atoms with Crippen molar-refractivity contribution < 1.29 is 27.2 Å². The van der Waals surface area contributed by atoms with Crippen LogP contribution in [-0.4, -0.2) is 17.6 Å². The number of benzene rings is 3. The number of amides is 2. The van der Waals surface area contributed by atoms with E-state index in [1.54, 1.807) is 24.3 Å². The second kappa shape index (κ2) is 10.1. The highest BCUT2D eigenvalue weighted by molar-refractivity contribution is 8.00. The number of anilines is 2. The molecule has 2 amide bonds. The first-order chi connectivity index (χ1) is 15.1. The fourth-order valence-corrected chi connectivity index (χ4v) is 3.52. The molecule has 4 nitrogen and oxygen atoms in total. The lowest BCUT2D eigenvalue weighted by atomic mass is 10.2. The maximum Gasteiger partial charge on any atom is 0.416 e. The van der Waals surface area contributed by atoms with Crippen LogP contribution in [-0.2, 0) is 11.0 Å². The number of carbonyl (C=O) groups is 2. The van der Waals surface area contributed by atoms with Crippen LogP contribution in [0.3, 0.4) is 0 Å². The lowest BCUT2D eigenvalue weighted by Crippen LogP contribution is -2.15. The first kappa shape index (κ1) is 23.6. The molecule has 0 unspecified atom stereocenters. The van der Waals surface area contributed by atoms with E-state index in [4.69, 9.17) is 11.6 Å². The minimum atomic E-state index is -4.56. The van der Waals surface area contributed by atoms with Crippen LogP contribution in [0.25, 0.3) is 0 Å². The molecule has 0 aromatic heterocycles. The minimum absolute atomic E-state index is 0.0122. The molecular weight excluding hydrogens is 468 g/mol. The highest BCUT2D eigenvalue weighted by atomic mass is 35.5. The summed E-state index contributed by atoms with van der Waals surface area (Å²) in [5.41, 5.74) is -0.311. The summed E-state index contributed by atoms with van der Waals surface area (Å²) in [6, 6.07) is 14.4. The Kier molecular flexibility index (Phi) is 7.42. The fraction of sp³-hybridized carbons (Fsp3) is 0.0909. The Morgan fingerprint density at radius 3 is 2.34 bits per heavy atom. The molecule has 0 aliphatic rings. The molecule has 0 radical (unpaired) electrons. The summed E-state index contributed by atoms with van der Waals surface area (Å²) in [5.74, 6) is -1.52. The number of halogens is 5. The second-order valence-corrected chi connectivity index (χ2v) is 7.97. The van der Waals surface area contributed by atoms with Crippen LogP contribution in [0.5, 0.6) is 0 Å². The third-order valence-electron chi connectivity index (χ3n) is 4.14. The Labute approximate surface area is 190 Å². The smallest absolute Gasteiger partial charge is 0.324 e. The summed E-state index contributed by atoms with van der Waals surface area (Å²) in [6.07, 6.45) is -4.56. The number of rotatable bonds is 6. The topological polar surface area (TPSA) is 58.2 Å². The number of hydrogen-bond donors (Lipinski definition) is 2. The molecule has 3 rings (SSSR count). The molecule has 0 saturated carbocycles. The van der Waals surface area contributed by atoms with Crippen molar-refractivity contribution in [3.8, 4) is 0 Å². The van der Waals surface area contributed by atoms with Gasteiger partial charge in [0, 0.05) is 16.1 Å². The predicted molar refractivity (Wildman–Crippen MR) is 117 cm³/mol. The van der Waals surface area contributed by atoms with Gasteiger partial charge in [0.25, 0.3) is 5.91 Å². The second-order valence-electron chi connectivity index (χ2n) is 6.52. The van der Waals surface area contributed by atoms with E-state index in [0.29, 0.717) is 10.6 Å². The number of hydrogen-bond acceptors (Lipinski definition) is 3. The molecule has 0 fully saturated rings. The summed E-state index contributed by atoms with van der Waals surface area (Å²) in [7, 11) is 0. The fourth-order valence-electron chi connectivity index (χ4n) is 2.60. The summed E-state index contributed by atoms with van der Waals surface area (Å²) < 4.78 is 51.5. The van der Waals surface area contributed by atoms with Crippen LogP contribution in [0.1, 0.15) is 15.9 Å². The van der Waals surface area contributed by atoms with Crippen molar-refractivity contribution >= 4 is 46.6 Å². The monoisotopic (exact) mass is 482 g/mol. The molecule has 0 atom stereocenters. The van der Waals surface area contributed by atoms with E-state index in [2.05, 4.69) is 10.6 Å². The quantitative estimate of drug-likeness (QED) is 0.312. The lowest BCUT2D eigenvalue weighted by Gasteiger charge is -2.12. The average Bonchev–Trinajstić information content (AvgIpc) is 2.74. The van der Waals surface area contributed by atoms with Gasteiger partial charge < -0.3 is 10.6 Å². The summed E-state index contributed by atoms with van der Waals surface area (Å²) in [4.78, 5) is 25.1. The SMILES string of the molecule is O=C(CSc1cccc(NC(=O)c2ccc(F)cc2)c1)Nc1cc(C(F)(F)F)ccc1Cl. The zero-order valence-corrected chi connectivity index (χ0v) is 17.7. The van der Waals surface area contributed by atoms with Crippen LogP contribution in [0.2, 0.25) is 5.02 Å². The van der Waals surface area contributed by atoms with E-state index in [9.17, 15) is 27.2 Å². The van der Waals surface area contributed by atoms with Gasteiger partial charge in [0.1, 0.15) is 5.82 Å². The van der Waals surface area contributed by atoms with Gasteiger partial charge in [-0.1, -0.05) is 17.7 Å². The van der Waals surface area contributed by atoms with E-state index in [1.165, 1.54) is 24.3 Å². The Hall–Kier alpha value is -3.04. The highest BCUT2D eigenvalue weighted by Gasteiger charge is 2.31. The molecule has 10 heteroatoms. The third-order valence-corrected chi connectivity index (χ3v) is 5.46. The largest absolute Gasteiger partial charge is 0.416 e. The van der Waals surface area contributed by atoms with Crippen molar-refractivity contribution in [1.29, 1.82) is 0 Å². The first-order valence-corrected chi connectivity index (χ1v) is 10.4. The Balaban J connectivity index is 1.60. The summed E-state index contributed by atoms with van der Waals surface area (Å²) >= 11 is 7.01. The first-order valence-electron chi connectivity index (χ1n) is 9.08. The molecule has 0 heterocycles. The van der Waals surface area contributed by atoms with Crippen LogP contribution < -0.4 is 10.6 Å². The number of nitrogens with one attached hydrogen (secondary N) is 2. The standard InChI is InChI=1S/C22H15ClF4N2O2S/c23-18-9-6-14(22(25,26)27)10-19(18)29-20(30)12-32-17-3-1-2-16(11-17)28-21(31)13-4-7-15(24)8-5-13/h1-11H,12H2,(H,28,31)(H,29,30). The predicted octanol–water partition coefficient (Wildman–Crippen LogP) is 6.48. The van der Waals surface area contributed by atoms with E-state index in [-0.39, 0.29) is 22.0 Å². The van der Waals surface area contributed by atoms with Gasteiger partial charge in [-0.05, 0) is 60.7 Å². The Morgan fingerprint density at radius 1 is 0.938 bits per heavy atom. The van der Waals surface area contributed by atoms with Gasteiger partial charge in [0.05, 0.1) is 22.0 Å². The van der Waals surface area contributed by atoms with Gasteiger partial charge in [-0.25, -0.2) is 4.39 Å². The minimum Gasteiger partial charge on any atom is -0.324 e. The molecule has 0 saturated heterocycles. The van der Waals surface area contributed by atoms with Gasteiger partial charge in [-0.15, -0.1) is 11.8 Å². The molecule has 166 valence electrons. The van der Waals surface area contributed by atoms with Gasteiger partial charge >= 0.3 is 6.18 Å². The molecule has 0 aliphatic heterocycles. The molecule has 32 heavy (non-hydrogen) atoms. The zero-order chi connectivity index (χ0) is 23.3. The van der Waals surface area contributed by atoms with E-state index in [1.807, 2.05) is 0 Å². The van der Waals surface area contributed by atoms with E-state index >= 15 is 0 Å². The normalized spacial score (nSPS) is 11.2. The number of carbonyl (C=O) groups excluding carboxylic acids is 2. The van der Waals surface area contributed by atoms with Crippen molar-refractivity contribution in [2.45, 2.75) is 11.1 Å². The van der Waals surface area contributed by atoms with Crippen molar-refractivity contribution in [2.24, 2.45) is 0 Å². The molecule has 0 aliphatic carbocycles. The number of alkyl halides is 3. The van der Waals surface area contributed by atoms with Gasteiger partial charge in [0.15, 0.2) is 0 Å². The van der Waals surface area contributed by atoms with Gasteiger partial charge in [0.2, 0.25) is 5.91 Å². The molecule has 3 aromatic carbocycles. The van der Waals surface area contributed by atoms with Crippen LogP contribution in [0, 0.1) is 5.82 Å². The van der Waals surface area contributed by atoms with Gasteiger partial charge in [-0.3, -0.25) is 9.59 Å². The Bertz CT molecular complexity index is 1140. The zero-order valence-electron chi connectivity index (χ0n) is 16.2. The van der Waals surface area contributed by atoms with E-state index in [0.717, 1.165) is 30.0 Å². The average molecular weight is 483 g/mol. The van der Waals surface area contributed by atoms with Gasteiger partial charge in [-0.2, -0.15) is 13.2 Å². The van der Waals surface area contributed by atoms with Crippen molar-refractivity contribution in [3.05, 3.63) is 88.7 Å². The highest BCUT2D eigenvalue weighted by Crippen LogP contribution is 2.34. The summed E-state index contributed by atoms with van der Waals surface area (Å²) in [5, 5.41) is 5.04. The molecule has 0 spiro atoms. The van der Waals surface area contributed by atoms with Crippen molar-refractivity contribution in [1.82, 2.24) is 0 Å². The molecule has 2 N–H and O–H groups in total. The van der Waals surface area contributed by atoms with Crippen LogP contribution in [0.4, 0.5) is 28.9 Å².